The molecule has 0 unspecified atom stereocenters. The predicted molar refractivity (Wildman–Crippen MR) is 229 cm³/mol. The molecule has 1 heterocycles. The van der Waals surface area contributed by atoms with Gasteiger partial charge in [0, 0.05) is 25.9 Å². The van der Waals surface area contributed by atoms with E-state index in [9.17, 15) is 68.1 Å². The number of carbonyl (C=O) groups is 11. The maximum absolute atomic E-state index is 14.0. The van der Waals surface area contributed by atoms with Crippen molar-refractivity contribution in [2.24, 2.45) is 33.7 Å². The topological polar surface area (TPSA) is 466 Å². The molecule has 0 aliphatic carbocycles. The van der Waals surface area contributed by atoms with Crippen LogP contribution in [0.2, 0.25) is 0 Å². The van der Waals surface area contributed by atoms with Crippen LogP contribution in [0.4, 0.5) is 0 Å². The molecule has 27 nitrogen and oxygen atoms in total. The third kappa shape index (κ3) is 19.1. The second-order valence-corrected chi connectivity index (χ2v) is 15.3. The van der Waals surface area contributed by atoms with Gasteiger partial charge in [0.1, 0.15) is 36.3 Å². The monoisotopic (exact) mass is 933 g/mol. The molecule has 364 valence electrons. The van der Waals surface area contributed by atoms with E-state index in [2.05, 4.69) is 36.9 Å². The molecule has 1 aliphatic rings. The molecule has 1 fully saturated rings. The van der Waals surface area contributed by atoms with E-state index in [4.69, 9.17) is 28.7 Å². The Bertz CT molecular complexity index is 1960. The van der Waals surface area contributed by atoms with Crippen molar-refractivity contribution in [3.8, 4) is 0 Å². The fraction of sp³-hybridized carbons (Fsp3) is 0.538. The van der Waals surface area contributed by atoms with Crippen molar-refractivity contribution in [2.45, 2.75) is 113 Å². The predicted octanol–water partition coefficient (Wildman–Crippen LogP) is -6.78. The normalized spacial score (nSPS) is 16.3. The highest BCUT2D eigenvalue weighted by atomic mass is 16.4. The van der Waals surface area contributed by atoms with E-state index in [0.29, 0.717) is 12.0 Å². The van der Waals surface area contributed by atoms with Crippen LogP contribution in [0.3, 0.4) is 0 Å². The first kappa shape index (κ1) is 54.7. The molecule has 1 aliphatic heterocycles. The van der Waals surface area contributed by atoms with E-state index in [-0.39, 0.29) is 44.7 Å². The van der Waals surface area contributed by atoms with Gasteiger partial charge in [-0.1, -0.05) is 30.3 Å². The molecular formula is C39H59N13O14. The number of carbonyl (C=O) groups excluding carboxylic acids is 9. The van der Waals surface area contributed by atoms with Gasteiger partial charge in [-0.15, -0.1) is 0 Å². The van der Waals surface area contributed by atoms with Gasteiger partial charge < -0.3 is 80.8 Å². The maximum Gasteiger partial charge on any atom is 0.326 e. The number of aliphatic carboxylic acids is 2. The molecule has 0 radical (unpaired) electrons. The molecular weight excluding hydrogens is 875 g/mol. The Morgan fingerprint density at radius 3 is 1.92 bits per heavy atom. The van der Waals surface area contributed by atoms with Crippen LogP contribution in [0.1, 0.15) is 63.9 Å². The number of primary amides is 2. The molecule has 19 N–H and O–H groups in total. The number of aliphatic hydroxyl groups is 1. The molecule has 1 saturated heterocycles. The number of hydrogen-bond acceptors (Lipinski definition) is 14. The molecule has 2 rings (SSSR count). The number of carboxylic acids is 2. The zero-order valence-corrected chi connectivity index (χ0v) is 36.1. The number of nitrogens with two attached hydrogens (primary N) is 5. The largest absolute Gasteiger partial charge is 0.481 e. The highest BCUT2D eigenvalue weighted by Crippen LogP contribution is 2.19. The summed E-state index contributed by atoms with van der Waals surface area (Å²) in [5.74, 6) is -12.0. The lowest BCUT2D eigenvalue weighted by Crippen LogP contribution is -2.60. The average molecular weight is 934 g/mol. The van der Waals surface area contributed by atoms with Gasteiger partial charge in [-0.05, 0) is 44.6 Å². The summed E-state index contributed by atoms with van der Waals surface area (Å²) in [5.41, 5.74) is 27.3. The molecule has 0 spiro atoms. The first-order chi connectivity index (χ1) is 31.0. The third-order valence-electron chi connectivity index (χ3n) is 9.88. The van der Waals surface area contributed by atoms with Gasteiger partial charge >= 0.3 is 11.9 Å². The van der Waals surface area contributed by atoms with Crippen LogP contribution >= 0.6 is 0 Å². The molecule has 27 heteroatoms. The van der Waals surface area contributed by atoms with E-state index >= 15 is 0 Å². The second-order valence-electron chi connectivity index (χ2n) is 15.3. The van der Waals surface area contributed by atoms with Gasteiger partial charge in [-0.3, -0.25) is 52.9 Å². The van der Waals surface area contributed by atoms with Crippen molar-refractivity contribution in [1.29, 1.82) is 0 Å². The van der Waals surface area contributed by atoms with E-state index in [1.807, 2.05) is 0 Å². The zero-order chi connectivity index (χ0) is 49.7. The van der Waals surface area contributed by atoms with Gasteiger partial charge in [0.2, 0.25) is 53.2 Å². The molecule has 66 heavy (non-hydrogen) atoms. The number of benzene rings is 1. The summed E-state index contributed by atoms with van der Waals surface area (Å²) in [7, 11) is 0. The third-order valence-corrected chi connectivity index (χ3v) is 9.88. The van der Waals surface area contributed by atoms with E-state index in [1.54, 1.807) is 30.3 Å². The summed E-state index contributed by atoms with van der Waals surface area (Å²) >= 11 is 0. The number of guanidine groups is 1. The number of aliphatic hydroxyl groups excluding tert-OH is 1. The molecule has 9 amide bonds. The lowest BCUT2D eigenvalue weighted by atomic mass is 10.0. The first-order valence-electron chi connectivity index (χ1n) is 20.6. The van der Waals surface area contributed by atoms with E-state index in [1.165, 1.54) is 0 Å². The van der Waals surface area contributed by atoms with Crippen LogP contribution in [-0.4, -0.2) is 159 Å². The van der Waals surface area contributed by atoms with Crippen LogP contribution in [0.15, 0.2) is 35.3 Å². The van der Waals surface area contributed by atoms with Gasteiger partial charge in [-0.2, -0.15) is 0 Å². The van der Waals surface area contributed by atoms with Crippen LogP contribution < -0.4 is 60.6 Å². The minimum atomic E-state index is -1.73. The quantitative estimate of drug-likeness (QED) is 0.0211. The van der Waals surface area contributed by atoms with E-state index < -0.39 is 146 Å². The van der Waals surface area contributed by atoms with Crippen LogP contribution in [0.25, 0.3) is 0 Å². The molecule has 1 aromatic rings. The Kier molecular flexibility index (Phi) is 22.4. The number of amides is 9. The Morgan fingerprint density at radius 2 is 1.35 bits per heavy atom. The van der Waals surface area contributed by atoms with Gasteiger partial charge in [0.25, 0.3) is 0 Å². The number of hydrogen-bond donors (Lipinski definition) is 14. The number of likely N-dealkylation sites (tertiary alicyclic amines) is 1. The summed E-state index contributed by atoms with van der Waals surface area (Å²) in [5, 5.41) is 43.4. The van der Waals surface area contributed by atoms with Crippen LogP contribution in [-0.2, 0) is 59.2 Å². The zero-order valence-electron chi connectivity index (χ0n) is 36.1. The van der Waals surface area contributed by atoms with Crippen molar-refractivity contribution in [3.05, 3.63) is 35.9 Å². The lowest BCUT2D eigenvalue weighted by molar-refractivity contribution is -0.150. The average Bonchev–Trinajstić information content (AvgIpc) is 3.74. The SMILES string of the molecule is C[C@@H](O)[C@H](NC(=O)[C@@H](N)CC(N)=O)C(=O)N[C@@H](CCC(N)=O)C(=O)NCC(=O)N[C@@H](CCCN=C(N)N)C(=O)N[C@@H](Cc1ccccc1)C(=O)N[C@@H](CC(=O)O)C(=O)N1CCC[C@H]1C(=O)O. The summed E-state index contributed by atoms with van der Waals surface area (Å²) in [4.78, 5) is 145. The minimum absolute atomic E-state index is 0.00416. The number of nitrogens with one attached hydrogen (secondary N) is 6. The summed E-state index contributed by atoms with van der Waals surface area (Å²) in [6, 6.07) is -2.58. The van der Waals surface area contributed by atoms with Crippen LogP contribution in [0.5, 0.6) is 0 Å². The van der Waals surface area contributed by atoms with Crippen LogP contribution in [0, 0.1) is 0 Å². The number of carboxylic acid groups (broad SMARTS) is 2. The molecule has 8 atom stereocenters. The second kappa shape index (κ2) is 27.0. The molecule has 0 bridgehead atoms. The first-order valence-corrected chi connectivity index (χ1v) is 20.6. The minimum Gasteiger partial charge on any atom is -0.481 e. The smallest absolute Gasteiger partial charge is 0.326 e. The van der Waals surface area contributed by atoms with Crippen molar-refractivity contribution in [1.82, 2.24) is 36.8 Å². The van der Waals surface area contributed by atoms with Crippen molar-refractivity contribution in [3.63, 3.8) is 0 Å². The van der Waals surface area contributed by atoms with E-state index in [0.717, 1.165) is 11.8 Å². The fourth-order valence-corrected chi connectivity index (χ4v) is 6.57. The standard InChI is InChI=1S/C39H59N13O14/c1-19(53)31(51-32(59)21(40)16-28(42)55)36(63)48-23(11-12-27(41)54)33(60)46-18-29(56)47-22(9-5-13-45-39(43)44)34(61)49-24(15-20-7-3-2-4-8-20)35(62)50-25(17-30(57)58)37(64)52-14-6-10-26(52)38(65)66/h2-4,7-8,19,21-26,31,53H,5-6,9-18,40H2,1H3,(H2,41,54)(H2,42,55)(H,46,60)(H,47,56)(H,48,63)(H,49,61)(H,50,62)(H,51,59)(H,57,58)(H,65,66)(H4,43,44,45)/t19-,21+,22+,23+,24+,25+,26+,31+/m1/s1. The summed E-state index contributed by atoms with van der Waals surface area (Å²) in [6.45, 7) is 0.248. The van der Waals surface area contributed by atoms with Gasteiger partial charge in [-0.25, -0.2) is 4.79 Å². The summed E-state index contributed by atoms with van der Waals surface area (Å²) < 4.78 is 0. The number of nitrogens with zero attached hydrogens (tertiary/aromatic N) is 2. The lowest BCUT2D eigenvalue weighted by Gasteiger charge is -2.28. The Hall–Kier alpha value is -7.42. The van der Waals surface area contributed by atoms with Gasteiger partial charge in [0.05, 0.1) is 31.5 Å². The van der Waals surface area contributed by atoms with Crippen molar-refractivity contribution in [2.75, 3.05) is 19.6 Å². The number of rotatable bonds is 28. The number of aliphatic imine (C=N–C) groups is 1. The summed E-state index contributed by atoms with van der Waals surface area (Å²) in [6.07, 6.45) is -3.86. The molecule has 0 aromatic heterocycles. The molecule has 1 aromatic carbocycles. The molecule has 0 saturated carbocycles. The Morgan fingerprint density at radius 1 is 0.742 bits per heavy atom. The van der Waals surface area contributed by atoms with Crippen molar-refractivity contribution >= 4 is 71.1 Å². The Balaban J connectivity index is 2.33. The maximum atomic E-state index is 14.0. The van der Waals surface area contributed by atoms with Crippen molar-refractivity contribution < 1.29 is 68.1 Å². The fourth-order valence-electron chi connectivity index (χ4n) is 6.57. The highest BCUT2D eigenvalue weighted by molar-refractivity contribution is 5.98. The highest BCUT2D eigenvalue weighted by Gasteiger charge is 2.40. The Labute approximate surface area is 377 Å². The van der Waals surface area contributed by atoms with Gasteiger partial charge in [0.15, 0.2) is 5.96 Å².